The lowest BCUT2D eigenvalue weighted by Gasteiger charge is -2.47. The summed E-state index contributed by atoms with van der Waals surface area (Å²) in [7, 11) is 0. The first-order chi connectivity index (χ1) is 11.5. The van der Waals surface area contributed by atoms with Gasteiger partial charge in [-0.2, -0.15) is 0 Å². The first kappa shape index (κ1) is 14.9. The second-order valence-corrected chi connectivity index (χ2v) is 7.04. The van der Waals surface area contributed by atoms with Gasteiger partial charge in [0.15, 0.2) is 5.60 Å². The van der Waals surface area contributed by atoms with Crippen molar-refractivity contribution in [3.63, 3.8) is 0 Å². The van der Waals surface area contributed by atoms with Gasteiger partial charge >= 0.3 is 6.09 Å². The number of carbonyl (C=O) groups is 2. The van der Waals surface area contributed by atoms with Gasteiger partial charge in [-0.25, -0.2) is 4.79 Å². The molecule has 2 amide bonds. The Bertz CT molecular complexity index is 868. The molecule has 2 aromatic rings. The Morgan fingerprint density at radius 3 is 2.83 bits per heavy atom. The van der Waals surface area contributed by atoms with E-state index in [4.69, 9.17) is 4.74 Å². The molecule has 0 radical (unpaired) electrons. The summed E-state index contributed by atoms with van der Waals surface area (Å²) in [5.74, 6) is -0.351. The third kappa shape index (κ3) is 2.22. The number of hydrogen-bond donors (Lipinski definition) is 2. The zero-order chi connectivity index (χ0) is 16.9. The van der Waals surface area contributed by atoms with Crippen LogP contribution in [0, 0.1) is 0 Å². The molecule has 7 nitrogen and oxygen atoms in total. The van der Waals surface area contributed by atoms with Crippen LogP contribution < -0.4 is 10.9 Å². The Morgan fingerprint density at radius 2 is 2.21 bits per heavy atom. The minimum atomic E-state index is -0.676. The molecule has 4 heterocycles. The number of amides is 2. The van der Waals surface area contributed by atoms with Gasteiger partial charge in [0, 0.05) is 16.6 Å². The molecule has 2 N–H and O–H groups in total. The van der Waals surface area contributed by atoms with Crippen molar-refractivity contribution in [1.82, 2.24) is 15.2 Å². The highest BCUT2D eigenvalue weighted by molar-refractivity contribution is 7.13. The van der Waals surface area contributed by atoms with Crippen molar-refractivity contribution in [2.45, 2.75) is 18.6 Å². The standard InChI is InChI=1S/C16H15N3O4S/c1-9-16(23-15(22)18-9)7-19(8-16)14(21)11-5-10(6-17-13(11)20)12-3-2-4-24-12/h2-6,9H,7-8H2,1H3,(H,17,20)(H,18,22). The van der Waals surface area contributed by atoms with Gasteiger partial charge in [0.1, 0.15) is 5.56 Å². The number of pyridine rings is 1. The van der Waals surface area contributed by atoms with Gasteiger partial charge < -0.3 is 19.9 Å². The van der Waals surface area contributed by atoms with Gasteiger partial charge in [-0.3, -0.25) is 9.59 Å². The lowest BCUT2D eigenvalue weighted by Crippen LogP contribution is -2.68. The van der Waals surface area contributed by atoms with E-state index in [1.165, 1.54) is 16.2 Å². The number of aromatic amines is 1. The van der Waals surface area contributed by atoms with Crippen LogP contribution in [0.15, 0.2) is 34.6 Å². The van der Waals surface area contributed by atoms with Crippen molar-refractivity contribution in [3.05, 3.63) is 45.7 Å². The Morgan fingerprint density at radius 1 is 1.42 bits per heavy atom. The van der Waals surface area contributed by atoms with E-state index in [9.17, 15) is 14.4 Å². The Labute approximate surface area is 141 Å². The average molecular weight is 345 g/mol. The number of carbonyl (C=O) groups excluding carboxylic acids is 2. The van der Waals surface area contributed by atoms with Crippen molar-refractivity contribution < 1.29 is 14.3 Å². The predicted octanol–water partition coefficient (Wildman–Crippen LogP) is 1.43. The van der Waals surface area contributed by atoms with Gasteiger partial charge in [-0.1, -0.05) is 6.07 Å². The number of nitrogens with zero attached hydrogens (tertiary/aromatic N) is 1. The van der Waals surface area contributed by atoms with Crippen LogP contribution in [-0.4, -0.2) is 46.6 Å². The SMILES string of the molecule is CC1NC(=O)OC12CN(C(=O)c1cc(-c3cccs3)c[nH]c1=O)C2. The smallest absolute Gasteiger partial charge is 0.408 e. The molecular weight excluding hydrogens is 330 g/mol. The van der Waals surface area contributed by atoms with Gasteiger partial charge in [0.25, 0.3) is 11.5 Å². The van der Waals surface area contributed by atoms with Crippen LogP contribution in [0.3, 0.4) is 0 Å². The summed E-state index contributed by atoms with van der Waals surface area (Å²) >= 11 is 1.53. The van der Waals surface area contributed by atoms with Crippen LogP contribution in [-0.2, 0) is 4.74 Å². The molecule has 0 saturated carbocycles. The molecular formula is C16H15N3O4S. The van der Waals surface area contributed by atoms with E-state index in [1.54, 1.807) is 12.3 Å². The highest BCUT2D eigenvalue weighted by Crippen LogP contribution is 2.33. The van der Waals surface area contributed by atoms with Crippen LogP contribution in [0.1, 0.15) is 17.3 Å². The number of likely N-dealkylation sites (tertiary alicyclic amines) is 1. The highest BCUT2D eigenvalue weighted by atomic mass is 32.1. The maximum absolute atomic E-state index is 12.6. The second kappa shape index (κ2) is 5.20. The molecule has 2 aromatic heterocycles. The molecule has 8 heteroatoms. The van der Waals surface area contributed by atoms with E-state index in [0.29, 0.717) is 0 Å². The second-order valence-electron chi connectivity index (χ2n) is 6.09. The molecule has 1 atom stereocenters. The zero-order valence-electron chi connectivity index (χ0n) is 12.9. The molecule has 2 aliphatic rings. The maximum Gasteiger partial charge on any atom is 0.408 e. The number of aromatic nitrogens is 1. The third-order valence-corrected chi connectivity index (χ3v) is 5.48. The number of H-pyrrole nitrogens is 1. The Kier molecular flexibility index (Phi) is 3.24. The normalized spacial score (nSPS) is 21.3. The summed E-state index contributed by atoms with van der Waals surface area (Å²) < 4.78 is 5.30. The summed E-state index contributed by atoms with van der Waals surface area (Å²) in [5, 5.41) is 4.62. The molecule has 124 valence electrons. The Hall–Kier alpha value is -2.61. The molecule has 2 saturated heterocycles. The van der Waals surface area contributed by atoms with E-state index in [2.05, 4.69) is 10.3 Å². The van der Waals surface area contributed by atoms with Crippen LogP contribution >= 0.6 is 11.3 Å². The summed E-state index contributed by atoms with van der Waals surface area (Å²) in [6.45, 7) is 2.42. The summed E-state index contributed by atoms with van der Waals surface area (Å²) in [5.41, 5.74) is -0.202. The number of nitrogens with one attached hydrogen (secondary N) is 2. The van der Waals surface area contributed by atoms with Crippen molar-refractivity contribution in [3.8, 4) is 10.4 Å². The largest absolute Gasteiger partial charge is 0.437 e. The van der Waals surface area contributed by atoms with Crippen molar-refractivity contribution in [2.24, 2.45) is 0 Å². The molecule has 24 heavy (non-hydrogen) atoms. The number of ether oxygens (including phenoxy) is 1. The van der Waals surface area contributed by atoms with E-state index in [1.807, 2.05) is 24.4 Å². The summed E-state index contributed by atoms with van der Waals surface area (Å²) in [6.07, 6.45) is 1.14. The van der Waals surface area contributed by atoms with Crippen LogP contribution in [0.4, 0.5) is 4.79 Å². The van der Waals surface area contributed by atoms with Gasteiger partial charge in [-0.15, -0.1) is 11.3 Å². The summed E-state index contributed by atoms with van der Waals surface area (Å²) in [4.78, 5) is 41.2. The zero-order valence-corrected chi connectivity index (χ0v) is 13.7. The van der Waals surface area contributed by atoms with E-state index in [-0.39, 0.29) is 30.6 Å². The molecule has 0 aliphatic carbocycles. The fourth-order valence-electron chi connectivity index (χ4n) is 3.09. The topological polar surface area (TPSA) is 91.5 Å². The molecule has 0 bridgehead atoms. The quantitative estimate of drug-likeness (QED) is 0.861. The third-order valence-electron chi connectivity index (χ3n) is 4.56. The van der Waals surface area contributed by atoms with E-state index < -0.39 is 17.3 Å². The Balaban J connectivity index is 1.57. The van der Waals surface area contributed by atoms with Crippen molar-refractivity contribution in [1.29, 1.82) is 0 Å². The summed E-state index contributed by atoms with van der Waals surface area (Å²) in [6, 6.07) is 5.29. The molecule has 4 rings (SSSR count). The molecule has 1 unspecified atom stereocenters. The van der Waals surface area contributed by atoms with Crippen LogP contribution in [0.2, 0.25) is 0 Å². The molecule has 2 aliphatic heterocycles. The number of rotatable bonds is 2. The predicted molar refractivity (Wildman–Crippen MR) is 88.1 cm³/mol. The first-order valence-corrected chi connectivity index (χ1v) is 8.42. The minimum absolute atomic E-state index is 0.0979. The fraction of sp³-hybridized carbons (Fsp3) is 0.312. The van der Waals surface area contributed by atoms with Crippen LogP contribution in [0.5, 0.6) is 0 Å². The van der Waals surface area contributed by atoms with E-state index >= 15 is 0 Å². The average Bonchev–Trinajstić information content (AvgIpc) is 3.13. The number of alkyl carbamates (subject to hydrolysis) is 1. The molecule has 2 fully saturated rings. The lowest BCUT2D eigenvalue weighted by atomic mass is 9.87. The number of hydrogen-bond acceptors (Lipinski definition) is 5. The minimum Gasteiger partial charge on any atom is -0.437 e. The van der Waals surface area contributed by atoms with Gasteiger partial charge in [0.2, 0.25) is 0 Å². The lowest BCUT2D eigenvalue weighted by molar-refractivity contribution is -0.0724. The molecule has 1 spiro atoms. The van der Waals surface area contributed by atoms with Gasteiger partial charge in [0.05, 0.1) is 19.1 Å². The van der Waals surface area contributed by atoms with Gasteiger partial charge in [-0.05, 0) is 24.4 Å². The van der Waals surface area contributed by atoms with E-state index in [0.717, 1.165) is 10.4 Å². The first-order valence-electron chi connectivity index (χ1n) is 7.54. The van der Waals surface area contributed by atoms with Crippen molar-refractivity contribution >= 4 is 23.3 Å². The monoisotopic (exact) mass is 345 g/mol. The highest BCUT2D eigenvalue weighted by Gasteiger charge is 2.56. The maximum atomic E-state index is 12.6. The van der Waals surface area contributed by atoms with Crippen molar-refractivity contribution in [2.75, 3.05) is 13.1 Å². The molecule has 0 aromatic carbocycles. The fourth-order valence-corrected chi connectivity index (χ4v) is 3.81. The van der Waals surface area contributed by atoms with Crippen LogP contribution in [0.25, 0.3) is 10.4 Å². The number of thiophene rings is 1.